The zero-order chi connectivity index (χ0) is 21.8. The molecule has 0 saturated carbocycles. The Kier molecular flexibility index (Phi) is 6.64. The number of carbonyl (C=O) groups is 1. The summed E-state index contributed by atoms with van der Waals surface area (Å²) in [6, 6.07) is 21.9. The number of aryl methyl sites for hydroxylation is 1. The number of anilines is 2. The molecule has 156 valence electrons. The summed E-state index contributed by atoms with van der Waals surface area (Å²) in [5.41, 5.74) is 3.27. The number of fused-ring (bicyclic) bond motifs is 2. The third-order valence-corrected chi connectivity index (χ3v) is 7.33. The van der Waals surface area contributed by atoms with E-state index in [1.165, 1.54) is 11.8 Å². The van der Waals surface area contributed by atoms with Gasteiger partial charge in [-0.25, -0.2) is 4.98 Å². The maximum Gasteiger partial charge on any atom is 0.244 e. The molecule has 1 atom stereocenters. The number of thioether (sulfide) groups is 1. The molecule has 4 rings (SSSR count). The second-order valence-electron chi connectivity index (χ2n) is 7.34. The highest BCUT2D eigenvalue weighted by molar-refractivity contribution is 8.00. The molecule has 1 aliphatic heterocycles. The van der Waals surface area contributed by atoms with Gasteiger partial charge in [0.1, 0.15) is 11.1 Å². The van der Waals surface area contributed by atoms with Crippen LogP contribution in [0.25, 0.3) is 0 Å². The van der Waals surface area contributed by atoms with E-state index in [1.54, 1.807) is 11.8 Å². The number of aromatic nitrogens is 1. The van der Waals surface area contributed by atoms with E-state index in [1.807, 2.05) is 72.5 Å². The van der Waals surface area contributed by atoms with Crippen LogP contribution >= 0.6 is 23.5 Å². The molecule has 1 aliphatic rings. The van der Waals surface area contributed by atoms with Crippen LogP contribution < -0.4 is 4.90 Å². The lowest BCUT2D eigenvalue weighted by Crippen LogP contribution is -2.34. The molecule has 0 aliphatic carbocycles. The van der Waals surface area contributed by atoms with Crippen LogP contribution in [0.4, 0.5) is 11.4 Å². The first-order valence-electron chi connectivity index (χ1n) is 10.4. The minimum atomic E-state index is -0.398. The molecule has 0 spiro atoms. The second-order valence-corrected chi connectivity index (χ2v) is 9.76. The molecule has 4 nitrogen and oxygen atoms in total. The minimum absolute atomic E-state index is 0.0187. The average molecular weight is 446 g/mol. The van der Waals surface area contributed by atoms with Crippen LogP contribution in [0.1, 0.15) is 37.9 Å². The van der Waals surface area contributed by atoms with Gasteiger partial charge in [-0.1, -0.05) is 61.1 Å². The highest BCUT2D eigenvalue weighted by atomic mass is 32.2. The van der Waals surface area contributed by atoms with Crippen LogP contribution in [0.5, 0.6) is 0 Å². The average Bonchev–Trinajstić information content (AvgIpc) is 2.80. The molecule has 0 bridgehead atoms. The number of hydrogen-bond donors (Lipinski definition) is 0. The van der Waals surface area contributed by atoms with Gasteiger partial charge in [-0.15, -0.1) is 0 Å². The van der Waals surface area contributed by atoms with E-state index in [2.05, 4.69) is 13.0 Å². The lowest BCUT2D eigenvalue weighted by atomic mass is 10.2. The first-order valence-corrected chi connectivity index (χ1v) is 12.1. The molecule has 3 aromatic rings. The Morgan fingerprint density at radius 3 is 2.35 bits per heavy atom. The van der Waals surface area contributed by atoms with Crippen molar-refractivity contribution in [3.05, 3.63) is 71.9 Å². The number of para-hydroxylation sites is 2. The highest BCUT2D eigenvalue weighted by Crippen LogP contribution is 2.48. The van der Waals surface area contributed by atoms with Gasteiger partial charge in [-0.2, -0.15) is 5.26 Å². The molecular formula is C25H23N3OS2. The van der Waals surface area contributed by atoms with E-state index in [4.69, 9.17) is 4.98 Å². The van der Waals surface area contributed by atoms with E-state index in [0.717, 1.165) is 46.1 Å². The molecule has 0 saturated heterocycles. The van der Waals surface area contributed by atoms with Crippen molar-refractivity contribution >= 4 is 40.8 Å². The van der Waals surface area contributed by atoms with Crippen molar-refractivity contribution in [2.45, 2.75) is 53.2 Å². The molecule has 2 aromatic carbocycles. The van der Waals surface area contributed by atoms with Crippen molar-refractivity contribution in [1.82, 2.24) is 4.98 Å². The summed E-state index contributed by atoms with van der Waals surface area (Å²) in [5, 5.41) is 9.78. The summed E-state index contributed by atoms with van der Waals surface area (Å²) >= 11 is 3.04. The van der Waals surface area contributed by atoms with Crippen LogP contribution in [0.3, 0.4) is 0 Å². The predicted octanol–water partition coefficient (Wildman–Crippen LogP) is 6.61. The number of nitriles is 1. The molecule has 0 radical (unpaired) electrons. The molecule has 1 amide bonds. The predicted molar refractivity (Wildman–Crippen MR) is 127 cm³/mol. The standard InChI is InChI=1S/C25H23N3OS2/c1-3-4-9-19-15-14-18(16-26)24(27-19)30-17(2)25(29)28-20-10-5-7-12-22(20)31-23-13-8-6-11-21(23)28/h5-8,10-15,17H,3-4,9H2,1-2H3. The molecule has 31 heavy (non-hydrogen) atoms. The summed E-state index contributed by atoms with van der Waals surface area (Å²) in [7, 11) is 0. The van der Waals surface area contributed by atoms with Gasteiger partial charge in [0.2, 0.25) is 5.91 Å². The minimum Gasteiger partial charge on any atom is -0.278 e. The van der Waals surface area contributed by atoms with E-state index in [9.17, 15) is 10.1 Å². The SMILES string of the molecule is CCCCc1ccc(C#N)c(SC(C)C(=O)N2c3ccccc3Sc3ccccc32)n1. The maximum absolute atomic E-state index is 13.7. The van der Waals surface area contributed by atoms with Crippen molar-refractivity contribution in [3.8, 4) is 6.07 Å². The zero-order valence-electron chi connectivity index (χ0n) is 17.5. The number of rotatable bonds is 6. The van der Waals surface area contributed by atoms with E-state index in [-0.39, 0.29) is 5.91 Å². The molecule has 0 N–H and O–H groups in total. The molecule has 0 fully saturated rings. The summed E-state index contributed by atoms with van der Waals surface area (Å²) in [6.07, 6.45) is 3.02. The molecule has 2 heterocycles. The van der Waals surface area contributed by atoms with Crippen molar-refractivity contribution in [1.29, 1.82) is 5.26 Å². The smallest absolute Gasteiger partial charge is 0.244 e. The maximum atomic E-state index is 13.7. The fourth-order valence-electron chi connectivity index (χ4n) is 3.49. The number of carbonyl (C=O) groups excluding carboxylic acids is 1. The van der Waals surface area contributed by atoms with Gasteiger partial charge in [-0.05, 0) is 56.2 Å². The Bertz CT molecular complexity index is 1110. The van der Waals surface area contributed by atoms with Crippen LogP contribution in [-0.2, 0) is 11.2 Å². The summed E-state index contributed by atoms with van der Waals surface area (Å²) in [4.78, 5) is 22.3. The first kappa shape index (κ1) is 21.5. The van der Waals surface area contributed by atoms with Crippen LogP contribution in [0.2, 0.25) is 0 Å². The Morgan fingerprint density at radius 2 is 1.74 bits per heavy atom. The van der Waals surface area contributed by atoms with Crippen LogP contribution in [-0.4, -0.2) is 16.1 Å². The van der Waals surface area contributed by atoms with Crippen molar-refractivity contribution in [2.24, 2.45) is 0 Å². The third kappa shape index (κ3) is 4.48. The normalized spacial score (nSPS) is 13.1. The lowest BCUT2D eigenvalue weighted by Gasteiger charge is -2.32. The van der Waals surface area contributed by atoms with Gasteiger partial charge in [0, 0.05) is 15.5 Å². The zero-order valence-corrected chi connectivity index (χ0v) is 19.2. The summed E-state index contributed by atoms with van der Waals surface area (Å²) in [6.45, 7) is 4.04. The topological polar surface area (TPSA) is 57.0 Å². The molecule has 1 aromatic heterocycles. The second kappa shape index (κ2) is 9.59. The van der Waals surface area contributed by atoms with E-state index < -0.39 is 5.25 Å². The number of hydrogen-bond acceptors (Lipinski definition) is 5. The number of amides is 1. The molecule has 1 unspecified atom stereocenters. The van der Waals surface area contributed by atoms with Gasteiger partial charge in [0.15, 0.2) is 0 Å². The van der Waals surface area contributed by atoms with Crippen LogP contribution in [0.15, 0.2) is 75.5 Å². The third-order valence-electron chi connectivity index (χ3n) is 5.11. The van der Waals surface area contributed by atoms with Gasteiger partial charge in [0.05, 0.1) is 22.2 Å². The Balaban J connectivity index is 1.65. The number of nitrogens with zero attached hydrogens (tertiary/aromatic N) is 3. The quantitative estimate of drug-likeness (QED) is 0.400. The lowest BCUT2D eigenvalue weighted by molar-refractivity contribution is -0.117. The van der Waals surface area contributed by atoms with Crippen molar-refractivity contribution < 1.29 is 4.79 Å². The fourth-order valence-corrected chi connectivity index (χ4v) is 5.50. The van der Waals surface area contributed by atoms with Gasteiger partial charge < -0.3 is 0 Å². The number of pyridine rings is 1. The Labute approximate surface area is 191 Å². The highest BCUT2D eigenvalue weighted by Gasteiger charge is 2.31. The van der Waals surface area contributed by atoms with Gasteiger partial charge in [0.25, 0.3) is 0 Å². The molecule has 6 heteroatoms. The van der Waals surface area contributed by atoms with Crippen molar-refractivity contribution in [2.75, 3.05) is 4.90 Å². The van der Waals surface area contributed by atoms with Gasteiger partial charge in [-0.3, -0.25) is 9.69 Å². The van der Waals surface area contributed by atoms with Crippen LogP contribution in [0, 0.1) is 11.3 Å². The van der Waals surface area contributed by atoms with Crippen molar-refractivity contribution in [3.63, 3.8) is 0 Å². The number of benzene rings is 2. The Hall–Kier alpha value is -2.75. The Morgan fingerprint density at radius 1 is 1.10 bits per heavy atom. The summed E-state index contributed by atoms with van der Waals surface area (Å²) in [5.74, 6) is -0.0187. The fraction of sp³-hybridized carbons (Fsp3) is 0.240. The van der Waals surface area contributed by atoms with E-state index >= 15 is 0 Å². The summed E-state index contributed by atoms with van der Waals surface area (Å²) < 4.78 is 0. The van der Waals surface area contributed by atoms with Gasteiger partial charge >= 0.3 is 0 Å². The number of unbranched alkanes of at least 4 members (excludes halogenated alkanes) is 1. The largest absolute Gasteiger partial charge is 0.278 e. The molecular weight excluding hydrogens is 422 g/mol. The monoisotopic (exact) mass is 445 g/mol. The first-order chi connectivity index (χ1) is 15.1. The van der Waals surface area contributed by atoms with E-state index in [0.29, 0.717) is 10.6 Å².